The van der Waals surface area contributed by atoms with Crippen molar-refractivity contribution in [2.75, 3.05) is 13.1 Å². The fourth-order valence-electron chi connectivity index (χ4n) is 2.94. The molecule has 116 valence electrons. The normalized spacial score (nSPS) is 22.8. The molecule has 1 aliphatic heterocycles. The minimum atomic E-state index is -0.865. The van der Waals surface area contributed by atoms with Gasteiger partial charge in [-0.2, -0.15) is 0 Å². The third-order valence-electron chi connectivity index (χ3n) is 3.93. The average molecular weight is 284 g/mol. The van der Waals surface area contributed by atoms with Crippen molar-refractivity contribution in [1.29, 1.82) is 0 Å². The molecule has 1 rings (SSSR count). The van der Waals surface area contributed by atoms with Crippen LogP contribution in [-0.4, -0.2) is 46.1 Å². The molecule has 2 N–H and O–H groups in total. The van der Waals surface area contributed by atoms with Crippen molar-refractivity contribution >= 4 is 11.9 Å². The van der Waals surface area contributed by atoms with Gasteiger partial charge >= 0.3 is 5.97 Å². The molecule has 1 heterocycles. The van der Waals surface area contributed by atoms with E-state index in [0.29, 0.717) is 0 Å². The zero-order valence-corrected chi connectivity index (χ0v) is 13.2. The van der Waals surface area contributed by atoms with Crippen molar-refractivity contribution in [2.45, 2.75) is 70.9 Å². The number of nitrogens with one attached hydrogen (secondary N) is 1. The first kappa shape index (κ1) is 17.0. The smallest absolute Gasteiger partial charge is 0.305 e. The lowest BCUT2D eigenvalue weighted by Crippen LogP contribution is -2.59. The Morgan fingerprint density at radius 2 is 2.00 bits per heavy atom. The van der Waals surface area contributed by atoms with E-state index >= 15 is 0 Å². The van der Waals surface area contributed by atoms with Gasteiger partial charge in [0.2, 0.25) is 5.91 Å². The van der Waals surface area contributed by atoms with Gasteiger partial charge in [-0.15, -0.1) is 0 Å². The Morgan fingerprint density at radius 3 is 2.40 bits per heavy atom. The van der Waals surface area contributed by atoms with Crippen LogP contribution in [0.4, 0.5) is 0 Å². The lowest BCUT2D eigenvalue weighted by molar-refractivity contribution is -0.145. The van der Waals surface area contributed by atoms with Gasteiger partial charge in [-0.05, 0) is 46.6 Å². The van der Waals surface area contributed by atoms with E-state index in [1.165, 1.54) is 0 Å². The number of carboxylic acid groups (broad SMARTS) is 1. The number of nitrogens with zero attached hydrogens (tertiary/aromatic N) is 1. The van der Waals surface area contributed by atoms with Gasteiger partial charge in [-0.1, -0.05) is 13.3 Å². The molecule has 1 saturated heterocycles. The zero-order chi connectivity index (χ0) is 15.4. The summed E-state index contributed by atoms with van der Waals surface area (Å²) in [6.45, 7) is 9.09. The molecule has 0 saturated carbocycles. The molecule has 0 bridgehead atoms. The highest BCUT2D eigenvalue weighted by molar-refractivity contribution is 5.87. The summed E-state index contributed by atoms with van der Waals surface area (Å²) in [4.78, 5) is 25.5. The number of rotatable bonds is 6. The molecule has 0 aromatic rings. The van der Waals surface area contributed by atoms with E-state index < -0.39 is 11.5 Å². The maximum Gasteiger partial charge on any atom is 0.305 e. The lowest BCUT2D eigenvalue weighted by Gasteiger charge is -2.42. The van der Waals surface area contributed by atoms with Crippen molar-refractivity contribution in [3.63, 3.8) is 0 Å². The molecule has 0 radical (unpaired) electrons. The largest absolute Gasteiger partial charge is 0.481 e. The SMILES string of the molecule is CCCC1(C(=O)N(CCC(=O)O)C(C)(C)C)CCCN1. The Hall–Kier alpha value is -1.10. The Morgan fingerprint density at radius 1 is 1.35 bits per heavy atom. The van der Waals surface area contributed by atoms with Gasteiger partial charge in [-0.3, -0.25) is 9.59 Å². The molecule has 1 amide bonds. The molecule has 0 aromatic carbocycles. The van der Waals surface area contributed by atoms with Gasteiger partial charge < -0.3 is 15.3 Å². The first-order chi connectivity index (χ1) is 9.23. The van der Waals surface area contributed by atoms with Gasteiger partial charge in [0.05, 0.1) is 12.0 Å². The van der Waals surface area contributed by atoms with E-state index in [1.54, 1.807) is 4.90 Å². The van der Waals surface area contributed by atoms with Crippen molar-refractivity contribution in [2.24, 2.45) is 0 Å². The van der Waals surface area contributed by atoms with E-state index in [4.69, 9.17) is 5.11 Å². The van der Waals surface area contributed by atoms with E-state index in [1.807, 2.05) is 20.8 Å². The summed E-state index contributed by atoms with van der Waals surface area (Å²) in [6, 6.07) is 0. The third kappa shape index (κ3) is 3.95. The molecule has 5 heteroatoms. The molecule has 20 heavy (non-hydrogen) atoms. The second-order valence-corrected chi connectivity index (χ2v) is 6.63. The Kier molecular flexibility index (Phi) is 5.57. The van der Waals surface area contributed by atoms with Crippen molar-refractivity contribution in [1.82, 2.24) is 10.2 Å². The molecule has 1 atom stereocenters. The van der Waals surface area contributed by atoms with E-state index in [-0.39, 0.29) is 24.4 Å². The summed E-state index contributed by atoms with van der Waals surface area (Å²) in [6.07, 6.45) is 3.59. The second kappa shape index (κ2) is 6.57. The molecule has 1 fully saturated rings. The number of carbonyl (C=O) groups excluding carboxylic acids is 1. The van der Waals surface area contributed by atoms with Crippen LogP contribution in [0.5, 0.6) is 0 Å². The summed E-state index contributed by atoms with van der Waals surface area (Å²) >= 11 is 0. The number of hydrogen-bond donors (Lipinski definition) is 2. The summed E-state index contributed by atoms with van der Waals surface area (Å²) in [5.41, 5.74) is -0.849. The van der Waals surface area contributed by atoms with Crippen LogP contribution in [-0.2, 0) is 9.59 Å². The molecular weight excluding hydrogens is 256 g/mol. The number of aliphatic carboxylic acids is 1. The monoisotopic (exact) mass is 284 g/mol. The fraction of sp³-hybridized carbons (Fsp3) is 0.867. The highest BCUT2D eigenvalue weighted by atomic mass is 16.4. The number of carbonyl (C=O) groups is 2. The molecule has 0 aromatic heterocycles. The van der Waals surface area contributed by atoms with Crippen LogP contribution in [0.15, 0.2) is 0 Å². The van der Waals surface area contributed by atoms with Crippen molar-refractivity contribution in [3.05, 3.63) is 0 Å². The first-order valence-electron chi connectivity index (χ1n) is 7.52. The van der Waals surface area contributed by atoms with Crippen molar-refractivity contribution < 1.29 is 14.7 Å². The second-order valence-electron chi connectivity index (χ2n) is 6.63. The number of carboxylic acids is 1. The van der Waals surface area contributed by atoms with Gasteiger partial charge in [0, 0.05) is 12.1 Å². The maximum atomic E-state index is 13.0. The molecule has 1 aliphatic rings. The van der Waals surface area contributed by atoms with Crippen LogP contribution in [0.25, 0.3) is 0 Å². The average Bonchev–Trinajstić information content (AvgIpc) is 2.77. The summed E-state index contributed by atoms with van der Waals surface area (Å²) in [5.74, 6) is -0.804. The van der Waals surface area contributed by atoms with E-state index in [0.717, 1.165) is 32.2 Å². The summed E-state index contributed by atoms with van der Waals surface area (Å²) in [5, 5.41) is 12.3. The minimum absolute atomic E-state index is 0.00872. The van der Waals surface area contributed by atoms with Crippen LogP contribution < -0.4 is 5.32 Å². The van der Waals surface area contributed by atoms with Crippen LogP contribution >= 0.6 is 0 Å². The molecule has 0 spiro atoms. The van der Waals surface area contributed by atoms with Crippen LogP contribution in [0, 0.1) is 0 Å². The summed E-state index contributed by atoms with van der Waals surface area (Å²) < 4.78 is 0. The molecule has 1 unspecified atom stereocenters. The third-order valence-corrected chi connectivity index (χ3v) is 3.93. The van der Waals surface area contributed by atoms with Gasteiger partial charge in [0.15, 0.2) is 0 Å². The van der Waals surface area contributed by atoms with Crippen LogP contribution in [0.2, 0.25) is 0 Å². The Labute approximate surface area is 121 Å². The van der Waals surface area contributed by atoms with Gasteiger partial charge in [-0.25, -0.2) is 0 Å². The Balaban J connectivity index is 2.93. The summed E-state index contributed by atoms with van der Waals surface area (Å²) in [7, 11) is 0. The van der Waals surface area contributed by atoms with Gasteiger partial charge in [0.25, 0.3) is 0 Å². The standard InChI is InChI=1S/C15H28N2O3/c1-5-8-15(9-6-10-16-15)13(20)17(14(2,3)4)11-7-12(18)19/h16H,5-11H2,1-4H3,(H,18,19). The predicted molar refractivity (Wildman–Crippen MR) is 78.6 cm³/mol. The lowest BCUT2D eigenvalue weighted by atomic mass is 9.88. The van der Waals surface area contributed by atoms with Crippen LogP contribution in [0.3, 0.4) is 0 Å². The van der Waals surface area contributed by atoms with Gasteiger partial charge in [0.1, 0.15) is 0 Å². The van der Waals surface area contributed by atoms with E-state index in [9.17, 15) is 9.59 Å². The number of hydrogen-bond acceptors (Lipinski definition) is 3. The number of amides is 1. The highest BCUT2D eigenvalue weighted by Gasteiger charge is 2.44. The zero-order valence-electron chi connectivity index (χ0n) is 13.2. The highest BCUT2D eigenvalue weighted by Crippen LogP contribution is 2.30. The van der Waals surface area contributed by atoms with Crippen molar-refractivity contribution in [3.8, 4) is 0 Å². The van der Waals surface area contributed by atoms with E-state index in [2.05, 4.69) is 12.2 Å². The predicted octanol–water partition coefficient (Wildman–Crippen LogP) is 2.01. The quantitative estimate of drug-likeness (QED) is 0.783. The molecular formula is C15H28N2O3. The minimum Gasteiger partial charge on any atom is -0.481 e. The molecule has 5 nitrogen and oxygen atoms in total. The Bertz CT molecular complexity index is 355. The molecule has 0 aliphatic carbocycles. The fourth-order valence-corrected chi connectivity index (χ4v) is 2.94. The topological polar surface area (TPSA) is 69.6 Å². The maximum absolute atomic E-state index is 13.0. The van der Waals surface area contributed by atoms with Crippen LogP contribution in [0.1, 0.15) is 59.8 Å². The first-order valence-corrected chi connectivity index (χ1v) is 7.52.